The number of aromatic hydroxyl groups is 1. The second-order valence-corrected chi connectivity index (χ2v) is 5.57. The summed E-state index contributed by atoms with van der Waals surface area (Å²) in [6.07, 6.45) is 2.43. The summed E-state index contributed by atoms with van der Waals surface area (Å²) in [6, 6.07) is 6.88. The highest BCUT2D eigenvalue weighted by Crippen LogP contribution is 2.25. The van der Waals surface area contributed by atoms with Crippen LogP contribution in [-0.4, -0.2) is 42.8 Å². The Kier molecular flexibility index (Phi) is 5.68. The Morgan fingerprint density at radius 2 is 1.95 bits per heavy atom. The molecule has 4 nitrogen and oxygen atoms in total. The molecule has 1 aromatic carbocycles. The van der Waals surface area contributed by atoms with Gasteiger partial charge in [-0.15, -0.1) is 0 Å². The number of nitrogens with zero attached hydrogens (tertiary/aromatic N) is 1. The summed E-state index contributed by atoms with van der Waals surface area (Å²) >= 11 is 0. The van der Waals surface area contributed by atoms with Crippen molar-refractivity contribution in [1.82, 2.24) is 4.90 Å². The average molecular weight is 278 g/mol. The van der Waals surface area contributed by atoms with Crippen molar-refractivity contribution in [2.75, 3.05) is 32.8 Å². The predicted octanol–water partition coefficient (Wildman–Crippen LogP) is 2.08. The summed E-state index contributed by atoms with van der Waals surface area (Å²) in [4.78, 5) is 2.49. The number of ether oxygens (including phenoxy) is 1. The molecule has 0 amide bonds. The summed E-state index contributed by atoms with van der Waals surface area (Å²) in [7, 11) is 0. The van der Waals surface area contributed by atoms with E-state index in [1.807, 2.05) is 0 Å². The van der Waals surface area contributed by atoms with Crippen molar-refractivity contribution in [2.45, 2.75) is 19.8 Å². The number of phenols is 1. The van der Waals surface area contributed by atoms with Crippen molar-refractivity contribution in [2.24, 2.45) is 17.6 Å². The maximum atomic E-state index is 9.25. The van der Waals surface area contributed by atoms with Gasteiger partial charge < -0.3 is 20.5 Å². The topological polar surface area (TPSA) is 58.7 Å². The number of nitrogens with two attached hydrogens (primary N) is 1. The van der Waals surface area contributed by atoms with Crippen molar-refractivity contribution in [3.63, 3.8) is 0 Å². The van der Waals surface area contributed by atoms with Crippen molar-refractivity contribution in [1.29, 1.82) is 0 Å². The van der Waals surface area contributed by atoms with Crippen LogP contribution in [0.2, 0.25) is 0 Å². The van der Waals surface area contributed by atoms with Gasteiger partial charge in [0.05, 0.1) is 6.61 Å². The lowest BCUT2D eigenvalue weighted by molar-refractivity contribution is 0.121. The molecule has 0 aliphatic carbocycles. The fourth-order valence-corrected chi connectivity index (χ4v) is 2.88. The van der Waals surface area contributed by atoms with Gasteiger partial charge in [0.15, 0.2) is 0 Å². The molecule has 0 bridgehead atoms. The Balaban J connectivity index is 1.81. The lowest BCUT2D eigenvalue weighted by Gasteiger charge is -2.35. The van der Waals surface area contributed by atoms with Gasteiger partial charge in [-0.05, 0) is 69.2 Å². The minimum atomic E-state index is 0.264. The number of hydrogen-bond donors (Lipinski definition) is 2. The predicted molar refractivity (Wildman–Crippen MR) is 81.0 cm³/mol. The van der Waals surface area contributed by atoms with E-state index in [4.69, 9.17) is 10.5 Å². The van der Waals surface area contributed by atoms with Crippen molar-refractivity contribution >= 4 is 0 Å². The van der Waals surface area contributed by atoms with Gasteiger partial charge >= 0.3 is 0 Å². The Bertz CT molecular complexity index is 386. The van der Waals surface area contributed by atoms with Crippen LogP contribution >= 0.6 is 0 Å². The third-order valence-corrected chi connectivity index (χ3v) is 4.35. The lowest BCUT2D eigenvalue weighted by atomic mass is 9.84. The highest BCUT2D eigenvalue weighted by atomic mass is 16.5. The van der Waals surface area contributed by atoms with Crippen molar-refractivity contribution in [3.8, 4) is 11.5 Å². The van der Waals surface area contributed by atoms with Crippen LogP contribution in [0.5, 0.6) is 11.5 Å². The minimum absolute atomic E-state index is 0.264. The highest BCUT2D eigenvalue weighted by Gasteiger charge is 2.25. The number of piperidine rings is 1. The maximum Gasteiger partial charge on any atom is 0.119 e. The number of benzene rings is 1. The maximum absolute atomic E-state index is 9.25. The molecule has 1 fully saturated rings. The number of rotatable bonds is 6. The Labute approximate surface area is 121 Å². The molecule has 1 atom stereocenters. The molecular formula is C16H26N2O2. The van der Waals surface area contributed by atoms with Gasteiger partial charge in [0.25, 0.3) is 0 Å². The zero-order valence-electron chi connectivity index (χ0n) is 12.3. The third-order valence-electron chi connectivity index (χ3n) is 4.35. The molecule has 3 N–H and O–H groups in total. The van der Waals surface area contributed by atoms with Crippen LogP contribution < -0.4 is 10.5 Å². The first-order chi connectivity index (χ1) is 9.72. The second kappa shape index (κ2) is 7.50. The van der Waals surface area contributed by atoms with Crippen LogP contribution in [-0.2, 0) is 0 Å². The van der Waals surface area contributed by atoms with Gasteiger partial charge in [0, 0.05) is 5.92 Å². The zero-order chi connectivity index (χ0) is 14.4. The highest BCUT2D eigenvalue weighted by molar-refractivity contribution is 5.30. The fraction of sp³-hybridized carbons (Fsp3) is 0.625. The van der Waals surface area contributed by atoms with E-state index in [0.717, 1.165) is 12.3 Å². The molecule has 1 saturated heterocycles. The molecule has 112 valence electrons. The summed E-state index contributed by atoms with van der Waals surface area (Å²) < 4.78 is 5.82. The molecule has 0 radical (unpaired) electrons. The summed E-state index contributed by atoms with van der Waals surface area (Å²) in [5.41, 5.74) is 5.93. The van der Waals surface area contributed by atoms with E-state index in [9.17, 15) is 5.11 Å². The Hall–Kier alpha value is -1.26. The quantitative estimate of drug-likeness (QED) is 0.836. The van der Waals surface area contributed by atoms with Crippen LogP contribution in [0, 0.1) is 11.8 Å². The first-order valence-corrected chi connectivity index (χ1v) is 7.57. The molecule has 1 unspecified atom stereocenters. The van der Waals surface area contributed by atoms with Crippen LogP contribution in [0.1, 0.15) is 19.8 Å². The first kappa shape index (κ1) is 15.1. The van der Waals surface area contributed by atoms with Gasteiger partial charge in [0.1, 0.15) is 11.5 Å². The lowest BCUT2D eigenvalue weighted by Crippen LogP contribution is -2.39. The monoisotopic (exact) mass is 278 g/mol. The SMILES string of the molecule is CCN1CCC(C(CN)COc2ccc(O)cc2)CC1. The molecule has 0 saturated carbocycles. The normalized spacial score (nSPS) is 18.9. The average Bonchev–Trinajstić information content (AvgIpc) is 2.50. The summed E-state index contributed by atoms with van der Waals surface area (Å²) in [5.74, 6) is 2.15. The van der Waals surface area contributed by atoms with Gasteiger partial charge in [-0.3, -0.25) is 0 Å². The molecular weight excluding hydrogens is 252 g/mol. The van der Waals surface area contributed by atoms with Crippen LogP contribution in [0.3, 0.4) is 0 Å². The van der Waals surface area contributed by atoms with E-state index in [0.29, 0.717) is 25.0 Å². The van der Waals surface area contributed by atoms with E-state index in [2.05, 4.69) is 11.8 Å². The minimum Gasteiger partial charge on any atom is -0.508 e. The Morgan fingerprint density at radius 1 is 1.30 bits per heavy atom. The molecule has 1 heterocycles. The molecule has 1 aliphatic heterocycles. The zero-order valence-corrected chi connectivity index (χ0v) is 12.3. The largest absolute Gasteiger partial charge is 0.508 e. The van der Waals surface area contributed by atoms with Gasteiger partial charge in [0.2, 0.25) is 0 Å². The molecule has 1 aromatic rings. The van der Waals surface area contributed by atoms with Crippen molar-refractivity contribution < 1.29 is 9.84 Å². The van der Waals surface area contributed by atoms with Crippen LogP contribution in [0.4, 0.5) is 0 Å². The van der Waals surface area contributed by atoms with E-state index in [1.165, 1.54) is 25.9 Å². The molecule has 1 aliphatic rings. The first-order valence-electron chi connectivity index (χ1n) is 7.57. The standard InChI is InChI=1S/C16H26N2O2/c1-2-18-9-7-13(8-10-18)14(11-17)12-20-16-5-3-15(19)4-6-16/h3-6,13-14,19H,2,7-12,17H2,1H3. The molecule has 20 heavy (non-hydrogen) atoms. The van der Waals surface area contributed by atoms with Gasteiger partial charge in [-0.2, -0.15) is 0 Å². The van der Waals surface area contributed by atoms with E-state index >= 15 is 0 Å². The van der Waals surface area contributed by atoms with E-state index < -0.39 is 0 Å². The molecule has 2 rings (SSSR count). The smallest absolute Gasteiger partial charge is 0.119 e. The fourth-order valence-electron chi connectivity index (χ4n) is 2.88. The molecule has 0 spiro atoms. The van der Waals surface area contributed by atoms with Crippen LogP contribution in [0.15, 0.2) is 24.3 Å². The molecule has 0 aromatic heterocycles. The van der Waals surface area contributed by atoms with E-state index in [1.54, 1.807) is 24.3 Å². The van der Waals surface area contributed by atoms with Gasteiger partial charge in [-0.25, -0.2) is 0 Å². The Morgan fingerprint density at radius 3 is 2.50 bits per heavy atom. The summed E-state index contributed by atoms with van der Waals surface area (Å²) in [6.45, 7) is 7.05. The number of hydrogen-bond acceptors (Lipinski definition) is 4. The molecule has 4 heteroatoms. The van der Waals surface area contributed by atoms with E-state index in [-0.39, 0.29) is 5.75 Å². The second-order valence-electron chi connectivity index (χ2n) is 5.57. The van der Waals surface area contributed by atoms with Crippen LogP contribution in [0.25, 0.3) is 0 Å². The number of likely N-dealkylation sites (tertiary alicyclic amines) is 1. The summed E-state index contributed by atoms with van der Waals surface area (Å²) in [5, 5.41) is 9.25. The third kappa shape index (κ3) is 4.12. The van der Waals surface area contributed by atoms with Crippen molar-refractivity contribution in [3.05, 3.63) is 24.3 Å². The number of phenolic OH excluding ortho intramolecular Hbond substituents is 1. The van der Waals surface area contributed by atoms with Gasteiger partial charge in [-0.1, -0.05) is 6.92 Å².